The fraction of sp³-hybridized carbons (Fsp3) is 0.941. The Labute approximate surface area is 134 Å². The maximum atomic E-state index is 12.0. The molecule has 1 aliphatic carbocycles. The molecule has 5 heteroatoms. The van der Waals surface area contributed by atoms with Crippen LogP contribution in [-0.2, 0) is 4.74 Å². The number of carbonyl (C=O) groups is 1. The summed E-state index contributed by atoms with van der Waals surface area (Å²) in [7, 11) is 0. The smallest absolute Gasteiger partial charge is 0.407 e. The highest BCUT2D eigenvalue weighted by Crippen LogP contribution is 2.32. The van der Waals surface area contributed by atoms with Crippen molar-refractivity contribution in [3.05, 3.63) is 0 Å². The summed E-state index contributed by atoms with van der Waals surface area (Å²) >= 11 is 0. The molecule has 0 aromatic rings. The number of nitrogens with one attached hydrogen (secondary N) is 3. The van der Waals surface area contributed by atoms with Crippen LogP contribution < -0.4 is 16.0 Å². The first kappa shape index (κ1) is 17.5. The minimum atomic E-state index is -0.437. The molecule has 1 heterocycles. The molecule has 2 fully saturated rings. The molecule has 3 unspecified atom stereocenters. The third-order valence-electron chi connectivity index (χ3n) is 4.38. The SMILES string of the molecule is CC(CC1CCCN1)NCC(NC(=O)OC(C)(C)C)C1CC1. The predicted octanol–water partition coefficient (Wildman–Crippen LogP) is 2.41. The Morgan fingerprint density at radius 3 is 2.59 bits per heavy atom. The van der Waals surface area contributed by atoms with Crippen LogP contribution in [0.25, 0.3) is 0 Å². The third-order valence-corrected chi connectivity index (χ3v) is 4.38. The first-order valence-corrected chi connectivity index (χ1v) is 8.80. The van der Waals surface area contributed by atoms with Crippen LogP contribution in [0, 0.1) is 5.92 Å². The van der Waals surface area contributed by atoms with Gasteiger partial charge in [-0.05, 0) is 72.3 Å². The molecule has 2 rings (SSSR count). The maximum absolute atomic E-state index is 12.0. The van der Waals surface area contributed by atoms with Crippen molar-refractivity contribution in [2.75, 3.05) is 13.1 Å². The molecular weight excluding hydrogens is 278 g/mol. The average molecular weight is 311 g/mol. The second-order valence-electron chi connectivity index (χ2n) is 7.93. The number of ether oxygens (including phenoxy) is 1. The van der Waals surface area contributed by atoms with Crippen molar-refractivity contribution in [1.82, 2.24) is 16.0 Å². The van der Waals surface area contributed by atoms with Crippen LogP contribution in [0.4, 0.5) is 4.79 Å². The highest BCUT2D eigenvalue weighted by Gasteiger charge is 2.33. The van der Waals surface area contributed by atoms with Crippen molar-refractivity contribution in [1.29, 1.82) is 0 Å². The number of carbonyl (C=O) groups excluding carboxylic acids is 1. The summed E-state index contributed by atoms with van der Waals surface area (Å²) in [5.41, 5.74) is -0.437. The fourth-order valence-electron chi connectivity index (χ4n) is 3.09. The molecular formula is C17H33N3O2. The van der Waals surface area contributed by atoms with Gasteiger partial charge in [0.25, 0.3) is 0 Å². The maximum Gasteiger partial charge on any atom is 0.407 e. The second kappa shape index (κ2) is 7.64. The van der Waals surface area contributed by atoms with Crippen molar-refractivity contribution in [2.45, 2.75) is 83.5 Å². The normalized spacial score (nSPS) is 24.8. The molecule has 0 aromatic carbocycles. The zero-order valence-corrected chi connectivity index (χ0v) is 14.6. The zero-order valence-electron chi connectivity index (χ0n) is 14.6. The summed E-state index contributed by atoms with van der Waals surface area (Å²) in [4.78, 5) is 12.0. The number of rotatable bonds is 7. The van der Waals surface area contributed by atoms with Crippen molar-refractivity contribution < 1.29 is 9.53 Å². The summed E-state index contributed by atoms with van der Waals surface area (Å²) in [6.45, 7) is 9.91. The van der Waals surface area contributed by atoms with Crippen LogP contribution in [0.2, 0.25) is 0 Å². The van der Waals surface area contributed by atoms with Gasteiger partial charge in [-0.2, -0.15) is 0 Å². The lowest BCUT2D eigenvalue weighted by Crippen LogP contribution is -2.47. The van der Waals surface area contributed by atoms with Gasteiger partial charge in [-0.3, -0.25) is 0 Å². The van der Waals surface area contributed by atoms with Crippen LogP contribution in [0.1, 0.15) is 59.8 Å². The van der Waals surface area contributed by atoms with Gasteiger partial charge < -0.3 is 20.7 Å². The van der Waals surface area contributed by atoms with Gasteiger partial charge in [0.15, 0.2) is 0 Å². The van der Waals surface area contributed by atoms with Gasteiger partial charge in [0.05, 0.1) is 0 Å². The monoisotopic (exact) mass is 311 g/mol. The van der Waals surface area contributed by atoms with E-state index in [1.54, 1.807) is 0 Å². The summed E-state index contributed by atoms with van der Waals surface area (Å²) in [6.07, 6.45) is 5.86. The van der Waals surface area contributed by atoms with E-state index in [0.717, 1.165) is 19.5 Å². The zero-order chi connectivity index (χ0) is 16.2. The molecule has 1 aliphatic heterocycles. The largest absolute Gasteiger partial charge is 0.444 e. The van der Waals surface area contributed by atoms with E-state index in [9.17, 15) is 4.79 Å². The van der Waals surface area contributed by atoms with Gasteiger partial charge >= 0.3 is 6.09 Å². The molecule has 3 atom stereocenters. The van der Waals surface area contributed by atoms with Gasteiger partial charge in [-0.15, -0.1) is 0 Å². The molecule has 0 spiro atoms. The molecule has 1 saturated heterocycles. The lowest BCUT2D eigenvalue weighted by Gasteiger charge is -2.25. The summed E-state index contributed by atoms with van der Waals surface area (Å²) in [5.74, 6) is 0.608. The minimum Gasteiger partial charge on any atom is -0.444 e. The van der Waals surface area contributed by atoms with Gasteiger partial charge in [-0.25, -0.2) is 4.79 Å². The van der Waals surface area contributed by atoms with E-state index in [4.69, 9.17) is 4.74 Å². The highest BCUT2D eigenvalue weighted by atomic mass is 16.6. The van der Waals surface area contributed by atoms with E-state index in [-0.39, 0.29) is 12.1 Å². The first-order valence-electron chi connectivity index (χ1n) is 8.80. The lowest BCUT2D eigenvalue weighted by atomic mass is 10.1. The number of hydrogen-bond acceptors (Lipinski definition) is 4. The van der Waals surface area contributed by atoms with Crippen molar-refractivity contribution in [3.8, 4) is 0 Å². The fourth-order valence-corrected chi connectivity index (χ4v) is 3.09. The Morgan fingerprint density at radius 1 is 1.32 bits per heavy atom. The van der Waals surface area contributed by atoms with E-state index in [0.29, 0.717) is 18.0 Å². The van der Waals surface area contributed by atoms with E-state index in [2.05, 4.69) is 22.9 Å². The van der Waals surface area contributed by atoms with Crippen LogP contribution in [-0.4, -0.2) is 42.9 Å². The van der Waals surface area contributed by atoms with Crippen LogP contribution in [0.5, 0.6) is 0 Å². The summed E-state index contributed by atoms with van der Waals surface area (Å²) in [6, 6.07) is 1.31. The van der Waals surface area contributed by atoms with Gasteiger partial charge in [0.1, 0.15) is 5.60 Å². The van der Waals surface area contributed by atoms with Gasteiger partial charge in [-0.1, -0.05) is 0 Å². The van der Waals surface area contributed by atoms with Crippen LogP contribution in [0.15, 0.2) is 0 Å². The molecule has 0 aromatic heterocycles. The Kier molecular flexibility index (Phi) is 6.09. The number of hydrogen-bond donors (Lipinski definition) is 3. The number of alkyl carbamates (subject to hydrolysis) is 1. The van der Waals surface area contributed by atoms with Gasteiger partial charge in [0.2, 0.25) is 0 Å². The molecule has 22 heavy (non-hydrogen) atoms. The van der Waals surface area contributed by atoms with Crippen LogP contribution >= 0.6 is 0 Å². The molecule has 3 N–H and O–H groups in total. The Bertz CT molecular complexity index is 357. The highest BCUT2D eigenvalue weighted by molar-refractivity contribution is 5.68. The standard InChI is InChI=1S/C17H33N3O2/c1-12(10-14-6-5-9-18-14)19-11-15(13-7-8-13)20-16(21)22-17(2,3)4/h12-15,18-19H,5-11H2,1-4H3,(H,20,21). The van der Waals surface area contributed by atoms with E-state index < -0.39 is 5.60 Å². The third kappa shape index (κ3) is 6.53. The molecule has 5 nitrogen and oxygen atoms in total. The predicted molar refractivity (Wildman–Crippen MR) is 89.0 cm³/mol. The minimum absolute atomic E-state index is 0.189. The molecule has 0 radical (unpaired) electrons. The van der Waals surface area contributed by atoms with E-state index in [1.807, 2.05) is 20.8 Å². The van der Waals surface area contributed by atoms with E-state index in [1.165, 1.54) is 25.7 Å². The topological polar surface area (TPSA) is 62.4 Å². The molecule has 2 aliphatic rings. The Morgan fingerprint density at radius 2 is 2.05 bits per heavy atom. The van der Waals surface area contributed by atoms with E-state index >= 15 is 0 Å². The average Bonchev–Trinajstić information content (AvgIpc) is 3.11. The van der Waals surface area contributed by atoms with Crippen molar-refractivity contribution in [2.24, 2.45) is 5.92 Å². The summed E-state index contributed by atoms with van der Waals surface area (Å²) < 4.78 is 5.37. The van der Waals surface area contributed by atoms with Gasteiger partial charge in [0, 0.05) is 24.7 Å². The first-order chi connectivity index (χ1) is 10.3. The van der Waals surface area contributed by atoms with Crippen LogP contribution in [0.3, 0.4) is 0 Å². The Balaban J connectivity index is 1.70. The Hall–Kier alpha value is -0.810. The lowest BCUT2D eigenvalue weighted by molar-refractivity contribution is 0.0496. The molecule has 1 saturated carbocycles. The summed E-state index contributed by atoms with van der Waals surface area (Å²) in [5, 5.41) is 10.2. The number of amides is 1. The van der Waals surface area contributed by atoms with Crippen molar-refractivity contribution in [3.63, 3.8) is 0 Å². The molecule has 128 valence electrons. The molecule has 1 amide bonds. The quantitative estimate of drug-likeness (QED) is 0.676. The second-order valence-corrected chi connectivity index (χ2v) is 7.93. The molecule has 0 bridgehead atoms. The van der Waals surface area contributed by atoms with Crippen molar-refractivity contribution >= 4 is 6.09 Å².